The highest BCUT2D eigenvalue weighted by Gasteiger charge is 2.49. The van der Waals surface area contributed by atoms with Gasteiger partial charge in [0, 0.05) is 41.5 Å². The van der Waals surface area contributed by atoms with Gasteiger partial charge in [-0.05, 0) is 43.0 Å². The van der Waals surface area contributed by atoms with Crippen molar-refractivity contribution in [2.24, 2.45) is 12.8 Å². The zero-order chi connectivity index (χ0) is 26.1. The van der Waals surface area contributed by atoms with Crippen LogP contribution in [0, 0.1) is 0 Å². The zero-order valence-corrected chi connectivity index (χ0v) is 21.2. The first-order valence-electron chi connectivity index (χ1n) is 12.6. The summed E-state index contributed by atoms with van der Waals surface area (Å²) in [5, 5.41) is 20.1. The SMILES string of the molecule is Cn1cnc(-c2nnc3c4cc(-c5ccccc5)c(-c5ccc([C@]6(N)C[C@](C)(O)C6)cc5)nc4ccn23)c1. The van der Waals surface area contributed by atoms with E-state index in [1.807, 2.05) is 59.6 Å². The third-order valence-electron chi connectivity index (χ3n) is 7.51. The van der Waals surface area contributed by atoms with Crippen molar-refractivity contribution >= 4 is 16.6 Å². The Morgan fingerprint density at radius 3 is 2.39 bits per heavy atom. The van der Waals surface area contributed by atoms with Gasteiger partial charge in [0.05, 0.1) is 23.1 Å². The van der Waals surface area contributed by atoms with Crippen LogP contribution in [-0.4, -0.2) is 39.8 Å². The molecule has 188 valence electrons. The molecule has 0 atom stereocenters. The van der Waals surface area contributed by atoms with Crippen LogP contribution < -0.4 is 5.73 Å². The predicted molar refractivity (Wildman–Crippen MR) is 147 cm³/mol. The second kappa shape index (κ2) is 8.05. The van der Waals surface area contributed by atoms with Crippen LogP contribution >= 0.6 is 0 Å². The highest BCUT2D eigenvalue weighted by Crippen LogP contribution is 2.46. The number of hydrogen-bond acceptors (Lipinski definition) is 6. The van der Waals surface area contributed by atoms with Gasteiger partial charge in [-0.2, -0.15) is 0 Å². The van der Waals surface area contributed by atoms with Crippen LogP contribution in [0.15, 0.2) is 85.5 Å². The number of aromatic nitrogens is 6. The lowest BCUT2D eigenvalue weighted by Crippen LogP contribution is -2.58. The molecule has 0 unspecified atom stereocenters. The van der Waals surface area contributed by atoms with Crippen molar-refractivity contribution < 1.29 is 5.11 Å². The van der Waals surface area contributed by atoms with Crippen LogP contribution in [0.5, 0.6) is 0 Å². The Morgan fingerprint density at radius 2 is 1.71 bits per heavy atom. The number of fused-ring (bicyclic) bond motifs is 3. The molecule has 1 aliphatic carbocycles. The first-order chi connectivity index (χ1) is 18.3. The largest absolute Gasteiger partial charge is 0.390 e. The Bertz CT molecular complexity index is 1810. The Balaban J connectivity index is 1.38. The molecule has 8 nitrogen and oxygen atoms in total. The van der Waals surface area contributed by atoms with Gasteiger partial charge < -0.3 is 15.4 Å². The van der Waals surface area contributed by atoms with Gasteiger partial charge >= 0.3 is 0 Å². The Labute approximate surface area is 219 Å². The number of rotatable bonds is 4. The maximum Gasteiger partial charge on any atom is 0.188 e. The van der Waals surface area contributed by atoms with Crippen molar-refractivity contribution in [3.8, 4) is 33.9 Å². The molecule has 8 heteroatoms. The number of pyridine rings is 2. The highest BCUT2D eigenvalue weighted by atomic mass is 16.3. The molecule has 4 heterocycles. The van der Waals surface area contributed by atoms with Gasteiger partial charge in [-0.25, -0.2) is 9.97 Å². The van der Waals surface area contributed by atoms with Crippen molar-refractivity contribution in [1.82, 2.24) is 29.1 Å². The van der Waals surface area contributed by atoms with E-state index in [2.05, 4.69) is 57.6 Å². The van der Waals surface area contributed by atoms with Gasteiger partial charge in [0.15, 0.2) is 11.5 Å². The van der Waals surface area contributed by atoms with E-state index in [9.17, 15) is 5.11 Å². The number of nitrogens with zero attached hydrogens (tertiary/aromatic N) is 6. The van der Waals surface area contributed by atoms with Crippen LogP contribution in [0.3, 0.4) is 0 Å². The average Bonchev–Trinajstić information content (AvgIpc) is 3.53. The van der Waals surface area contributed by atoms with Gasteiger partial charge in [0.25, 0.3) is 0 Å². The zero-order valence-electron chi connectivity index (χ0n) is 21.2. The molecular weight excluding hydrogens is 474 g/mol. The summed E-state index contributed by atoms with van der Waals surface area (Å²) in [6.45, 7) is 1.84. The fourth-order valence-corrected chi connectivity index (χ4v) is 5.83. The van der Waals surface area contributed by atoms with Crippen molar-refractivity contribution in [1.29, 1.82) is 0 Å². The van der Waals surface area contributed by atoms with E-state index in [4.69, 9.17) is 10.7 Å². The molecule has 1 fully saturated rings. The predicted octanol–water partition coefficient (Wildman–Crippen LogP) is 4.71. The molecule has 0 radical (unpaired) electrons. The second-order valence-corrected chi connectivity index (χ2v) is 10.7. The van der Waals surface area contributed by atoms with E-state index < -0.39 is 11.1 Å². The first-order valence-corrected chi connectivity index (χ1v) is 12.6. The molecule has 2 aromatic carbocycles. The van der Waals surface area contributed by atoms with Gasteiger partial charge in [0.2, 0.25) is 0 Å². The van der Waals surface area contributed by atoms with Gasteiger partial charge in [-0.1, -0.05) is 54.6 Å². The molecule has 0 saturated heterocycles. The normalized spacial score (nSPS) is 21.2. The molecule has 4 aromatic heterocycles. The number of hydrogen-bond donors (Lipinski definition) is 2. The lowest BCUT2D eigenvalue weighted by Gasteiger charge is -2.49. The molecule has 7 rings (SSSR count). The first kappa shape index (κ1) is 22.8. The van der Waals surface area contributed by atoms with Crippen molar-refractivity contribution in [3.05, 3.63) is 91.0 Å². The standard InChI is InChI=1S/C30H27N7O/c1-29(38)16-30(31,17-29)21-10-8-20(9-11-21)26-22(19-6-4-3-5-7-19)14-23-24(33-26)12-13-37-27(23)34-35-28(37)25-15-36(2)18-32-25/h3-15,18,38H,16-17,31H2,1-2H3/t29-,30-. The van der Waals surface area contributed by atoms with E-state index in [1.165, 1.54) is 0 Å². The monoisotopic (exact) mass is 501 g/mol. The Hall–Kier alpha value is -4.40. The average molecular weight is 502 g/mol. The van der Waals surface area contributed by atoms with Gasteiger partial charge in [-0.15, -0.1) is 10.2 Å². The molecule has 1 aliphatic rings. The molecule has 0 amide bonds. The number of aryl methyl sites for hydroxylation is 1. The third kappa shape index (κ3) is 3.60. The third-order valence-corrected chi connectivity index (χ3v) is 7.51. The minimum Gasteiger partial charge on any atom is -0.390 e. The summed E-state index contributed by atoms with van der Waals surface area (Å²) in [5.41, 5.74) is 12.7. The molecule has 0 aliphatic heterocycles. The maximum absolute atomic E-state index is 10.2. The maximum atomic E-state index is 10.2. The summed E-state index contributed by atoms with van der Waals surface area (Å²) in [4.78, 5) is 9.59. The van der Waals surface area contributed by atoms with E-state index in [0.717, 1.165) is 50.2 Å². The van der Waals surface area contributed by atoms with Crippen LogP contribution in [-0.2, 0) is 12.6 Å². The second-order valence-electron chi connectivity index (χ2n) is 10.7. The van der Waals surface area contributed by atoms with E-state index in [0.29, 0.717) is 18.7 Å². The summed E-state index contributed by atoms with van der Waals surface area (Å²) in [6.07, 6.45) is 6.74. The van der Waals surface area contributed by atoms with E-state index in [1.54, 1.807) is 6.33 Å². The van der Waals surface area contributed by atoms with Crippen LogP contribution in [0.25, 0.3) is 50.5 Å². The van der Waals surface area contributed by atoms with E-state index in [-0.39, 0.29) is 0 Å². The number of imidazole rings is 1. The summed E-state index contributed by atoms with van der Waals surface area (Å²) < 4.78 is 3.85. The Morgan fingerprint density at radius 1 is 0.947 bits per heavy atom. The summed E-state index contributed by atoms with van der Waals surface area (Å²) in [7, 11) is 1.93. The van der Waals surface area contributed by atoms with Gasteiger partial charge in [-0.3, -0.25) is 4.40 Å². The molecule has 3 N–H and O–H groups in total. The molecule has 6 aromatic rings. The topological polar surface area (TPSA) is 107 Å². The van der Waals surface area contributed by atoms with Crippen LogP contribution in [0.2, 0.25) is 0 Å². The molecular formula is C30H27N7O. The molecule has 0 bridgehead atoms. The highest BCUT2D eigenvalue weighted by molar-refractivity contribution is 5.98. The summed E-state index contributed by atoms with van der Waals surface area (Å²) >= 11 is 0. The molecule has 38 heavy (non-hydrogen) atoms. The van der Waals surface area contributed by atoms with Crippen molar-refractivity contribution in [2.45, 2.75) is 30.9 Å². The van der Waals surface area contributed by atoms with Crippen molar-refractivity contribution in [2.75, 3.05) is 0 Å². The van der Waals surface area contributed by atoms with E-state index >= 15 is 0 Å². The fraction of sp³-hybridized carbons (Fsp3) is 0.200. The minimum absolute atomic E-state index is 0.494. The summed E-state index contributed by atoms with van der Waals surface area (Å²) in [6, 6.07) is 22.7. The number of nitrogens with two attached hydrogens (primary N) is 1. The quantitative estimate of drug-likeness (QED) is 0.362. The smallest absolute Gasteiger partial charge is 0.188 e. The van der Waals surface area contributed by atoms with Gasteiger partial charge in [0.1, 0.15) is 5.69 Å². The number of aliphatic hydroxyl groups is 1. The van der Waals surface area contributed by atoms with Crippen LogP contribution in [0.4, 0.5) is 0 Å². The number of benzene rings is 2. The lowest BCUT2D eigenvalue weighted by molar-refractivity contribution is -0.0738. The van der Waals surface area contributed by atoms with Crippen LogP contribution in [0.1, 0.15) is 25.3 Å². The summed E-state index contributed by atoms with van der Waals surface area (Å²) in [5.74, 6) is 0.689. The minimum atomic E-state index is -0.697. The molecule has 0 spiro atoms. The fourth-order valence-electron chi connectivity index (χ4n) is 5.83. The lowest BCUT2D eigenvalue weighted by atomic mass is 9.63. The van der Waals surface area contributed by atoms with Crippen molar-refractivity contribution in [3.63, 3.8) is 0 Å². The Kier molecular flexibility index (Phi) is 4.82. The molecule has 1 saturated carbocycles.